The van der Waals surface area contributed by atoms with Crippen LogP contribution in [0.2, 0.25) is 0 Å². The fraction of sp³-hybridized carbons (Fsp3) is 0.900. The fourth-order valence-electron chi connectivity index (χ4n) is 2.42. The van der Waals surface area contributed by atoms with E-state index in [9.17, 15) is 10.4 Å². The molecule has 0 saturated carbocycles. The third-order valence-corrected chi connectivity index (χ3v) is 3.49. The average Bonchev–Trinajstić information content (AvgIpc) is 2.68. The first-order valence-corrected chi connectivity index (χ1v) is 5.15. The molecule has 0 amide bonds. The molecule has 2 N–H and O–H groups in total. The summed E-state index contributed by atoms with van der Waals surface area (Å²) < 4.78 is 5.26. The number of nitrogens with zero attached hydrogens (tertiary/aromatic N) is 1. The van der Waals surface area contributed by atoms with Crippen LogP contribution in [0.4, 0.5) is 0 Å². The van der Waals surface area contributed by atoms with Crippen LogP contribution in [0.25, 0.3) is 0 Å². The number of hydrogen-bond acceptors (Lipinski definition) is 4. The van der Waals surface area contributed by atoms with Crippen molar-refractivity contribution in [3.05, 3.63) is 0 Å². The van der Waals surface area contributed by atoms with Gasteiger partial charge in [-0.15, -0.1) is 0 Å². The second-order valence-corrected chi connectivity index (χ2v) is 4.31. The molecule has 4 heteroatoms. The Labute approximate surface area is 83.9 Å². The number of nitrogens with one attached hydrogen (secondary N) is 1. The largest absolute Gasteiger partial charge is 0.387 e. The molecule has 0 radical (unpaired) electrons. The second kappa shape index (κ2) is 3.50. The second-order valence-electron chi connectivity index (χ2n) is 4.31. The van der Waals surface area contributed by atoms with Crippen molar-refractivity contribution in [3.8, 4) is 6.07 Å². The van der Waals surface area contributed by atoms with Gasteiger partial charge >= 0.3 is 0 Å². The van der Waals surface area contributed by atoms with E-state index < -0.39 is 11.0 Å². The van der Waals surface area contributed by atoms with Gasteiger partial charge in [0.2, 0.25) is 0 Å². The van der Waals surface area contributed by atoms with Gasteiger partial charge in [0.05, 0.1) is 18.3 Å². The molecule has 2 atom stereocenters. The Balaban J connectivity index is 2.21. The lowest BCUT2D eigenvalue weighted by molar-refractivity contribution is -0.0732. The van der Waals surface area contributed by atoms with E-state index in [0.29, 0.717) is 32.6 Å². The maximum absolute atomic E-state index is 10.5. The first-order valence-electron chi connectivity index (χ1n) is 5.15. The number of rotatable bonds is 1. The van der Waals surface area contributed by atoms with E-state index in [2.05, 4.69) is 11.4 Å². The molecular formula is C10H16N2O2. The minimum atomic E-state index is -0.892. The maximum atomic E-state index is 10.5. The molecule has 0 spiro atoms. The van der Waals surface area contributed by atoms with E-state index in [1.54, 1.807) is 0 Å². The molecule has 78 valence electrons. The van der Waals surface area contributed by atoms with Crippen LogP contribution in [0.15, 0.2) is 0 Å². The van der Waals surface area contributed by atoms with Crippen LogP contribution >= 0.6 is 0 Å². The smallest absolute Gasteiger partial charge is 0.113 e. The predicted octanol–water partition coefficient (Wildman–Crippen LogP) is 0.0312. The first-order chi connectivity index (χ1) is 6.72. The standard InChI is InChI=1S/C10H16N2O2/c11-6-9(3-5-14-8-9)10(13)2-1-4-12-7-10/h12-13H,1-5,7-8H2. The minimum absolute atomic E-state index is 0.377. The normalized spacial score (nSPS) is 43.4. The highest BCUT2D eigenvalue weighted by Gasteiger charge is 2.53. The summed E-state index contributed by atoms with van der Waals surface area (Å²) >= 11 is 0. The molecular weight excluding hydrogens is 180 g/mol. The molecule has 2 unspecified atom stereocenters. The van der Waals surface area contributed by atoms with E-state index in [-0.39, 0.29) is 0 Å². The third-order valence-electron chi connectivity index (χ3n) is 3.49. The first kappa shape index (κ1) is 9.91. The lowest BCUT2D eigenvalue weighted by Gasteiger charge is -2.42. The summed E-state index contributed by atoms with van der Waals surface area (Å²) in [5.74, 6) is 0. The molecule has 14 heavy (non-hydrogen) atoms. The Morgan fingerprint density at radius 3 is 2.79 bits per heavy atom. The molecule has 2 heterocycles. The van der Waals surface area contributed by atoms with Crippen LogP contribution in [-0.2, 0) is 4.74 Å². The van der Waals surface area contributed by atoms with Crippen molar-refractivity contribution < 1.29 is 9.84 Å². The van der Waals surface area contributed by atoms with Crippen molar-refractivity contribution in [3.63, 3.8) is 0 Å². The molecule has 0 aromatic heterocycles. The van der Waals surface area contributed by atoms with Gasteiger partial charge in [0.25, 0.3) is 0 Å². The van der Waals surface area contributed by atoms with Gasteiger partial charge < -0.3 is 15.2 Å². The number of piperidine rings is 1. The summed E-state index contributed by atoms with van der Waals surface area (Å²) in [7, 11) is 0. The highest BCUT2D eigenvalue weighted by atomic mass is 16.5. The molecule has 2 saturated heterocycles. The molecule has 0 aromatic carbocycles. The Morgan fingerprint density at radius 2 is 2.29 bits per heavy atom. The summed E-state index contributed by atoms with van der Waals surface area (Å²) in [6.07, 6.45) is 2.29. The van der Waals surface area contributed by atoms with E-state index >= 15 is 0 Å². The van der Waals surface area contributed by atoms with Crippen LogP contribution in [0, 0.1) is 16.7 Å². The van der Waals surface area contributed by atoms with Crippen molar-refractivity contribution in [2.45, 2.75) is 24.9 Å². The van der Waals surface area contributed by atoms with Gasteiger partial charge in [-0.3, -0.25) is 0 Å². The van der Waals surface area contributed by atoms with Crippen molar-refractivity contribution in [2.24, 2.45) is 5.41 Å². The summed E-state index contributed by atoms with van der Waals surface area (Å²) in [5, 5.41) is 22.8. The Bertz CT molecular complexity index is 247. The van der Waals surface area contributed by atoms with Gasteiger partial charge in [-0.05, 0) is 25.8 Å². The lowest BCUT2D eigenvalue weighted by Crippen LogP contribution is -2.57. The quantitative estimate of drug-likeness (QED) is 0.621. The third kappa shape index (κ3) is 1.33. The average molecular weight is 196 g/mol. The monoisotopic (exact) mass is 196 g/mol. The molecule has 2 aliphatic heterocycles. The zero-order chi connectivity index (χ0) is 10.1. The number of β-amino-alcohol motifs (C(OH)–C–C–N with tert-alkyl or cyclic N) is 1. The summed E-state index contributed by atoms with van der Waals surface area (Å²) in [5.41, 5.74) is -1.57. The van der Waals surface area contributed by atoms with Crippen LogP contribution in [-0.4, -0.2) is 37.0 Å². The fourth-order valence-corrected chi connectivity index (χ4v) is 2.42. The lowest BCUT2D eigenvalue weighted by atomic mass is 9.69. The molecule has 0 aliphatic carbocycles. The Kier molecular flexibility index (Phi) is 2.48. The number of aliphatic hydroxyl groups is 1. The Morgan fingerprint density at radius 1 is 1.43 bits per heavy atom. The van der Waals surface area contributed by atoms with Crippen molar-refractivity contribution in [2.75, 3.05) is 26.3 Å². The topological polar surface area (TPSA) is 65.3 Å². The highest BCUT2D eigenvalue weighted by molar-refractivity contribution is 5.15. The van der Waals surface area contributed by atoms with E-state index in [4.69, 9.17) is 4.74 Å². The van der Waals surface area contributed by atoms with Crippen LogP contribution in [0.5, 0.6) is 0 Å². The highest BCUT2D eigenvalue weighted by Crippen LogP contribution is 2.42. The van der Waals surface area contributed by atoms with Gasteiger partial charge in [-0.2, -0.15) is 5.26 Å². The molecule has 2 fully saturated rings. The van der Waals surface area contributed by atoms with Crippen molar-refractivity contribution >= 4 is 0 Å². The summed E-state index contributed by atoms with van der Waals surface area (Å²) in [4.78, 5) is 0. The predicted molar refractivity (Wildman–Crippen MR) is 50.5 cm³/mol. The van der Waals surface area contributed by atoms with Gasteiger partial charge in [0.15, 0.2) is 0 Å². The van der Waals surface area contributed by atoms with E-state index in [1.165, 1.54) is 0 Å². The SMILES string of the molecule is N#CC1(C2(O)CCCNC2)CCOC1. The number of nitriles is 1. The molecule has 0 bridgehead atoms. The molecule has 0 aromatic rings. The van der Waals surface area contributed by atoms with Gasteiger partial charge in [-0.25, -0.2) is 0 Å². The van der Waals surface area contributed by atoms with Crippen molar-refractivity contribution in [1.82, 2.24) is 5.32 Å². The van der Waals surface area contributed by atoms with E-state index in [0.717, 1.165) is 13.0 Å². The van der Waals surface area contributed by atoms with Crippen molar-refractivity contribution in [1.29, 1.82) is 5.26 Å². The molecule has 4 nitrogen and oxygen atoms in total. The van der Waals surface area contributed by atoms with E-state index in [1.807, 2.05) is 0 Å². The van der Waals surface area contributed by atoms with Crippen LogP contribution < -0.4 is 5.32 Å². The van der Waals surface area contributed by atoms with Crippen LogP contribution in [0.3, 0.4) is 0 Å². The Hall–Kier alpha value is -0.630. The number of hydrogen-bond donors (Lipinski definition) is 2. The zero-order valence-electron chi connectivity index (χ0n) is 8.25. The molecule has 2 rings (SSSR count). The van der Waals surface area contributed by atoms with Gasteiger partial charge in [-0.1, -0.05) is 0 Å². The summed E-state index contributed by atoms with van der Waals surface area (Å²) in [6.45, 7) is 2.42. The summed E-state index contributed by atoms with van der Waals surface area (Å²) in [6, 6.07) is 2.27. The minimum Gasteiger partial charge on any atom is -0.387 e. The maximum Gasteiger partial charge on any atom is 0.113 e. The van der Waals surface area contributed by atoms with Crippen LogP contribution in [0.1, 0.15) is 19.3 Å². The van der Waals surface area contributed by atoms with Gasteiger partial charge in [0.1, 0.15) is 5.41 Å². The zero-order valence-corrected chi connectivity index (χ0v) is 8.25. The molecule has 2 aliphatic rings. The number of ether oxygens (including phenoxy) is 1. The van der Waals surface area contributed by atoms with Gasteiger partial charge in [0, 0.05) is 13.2 Å².